The highest BCUT2D eigenvalue weighted by Gasteiger charge is 2.20. The maximum Gasteiger partial charge on any atom is 0.325 e. The Morgan fingerprint density at radius 2 is 2.14 bits per heavy atom. The minimum atomic E-state index is -0.729. The van der Waals surface area contributed by atoms with Crippen LogP contribution in [0, 0.1) is 17.7 Å². The fourth-order valence-electron chi connectivity index (χ4n) is 1.63. The molecule has 0 aliphatic heterocycles. The molecular weight excluding hydrogens is 277 g/mol. The molecule has 1 rings (SSSR count). The first-order valence-corrected chi connectivity index (χ1v) is 6.28. The van der Waals surface area contributed by atoms with Gasteiger partial charge in [-0.15, -0.1) is 0 Å². The Balaban J connectivity index is 2.98. The molecule has 0 saturated heterocycles. The van der Waals surface area contributed by atoms with Crippen molar-refractivity contribution in [1.82, 2.24) is 4.90 Å². The smallest absolute Gasteiger partial charge is 0.325 e. The largest absolute Gasteiger partial charge is 0.468 e. The predicted octanol–water partition coefficient (Wildman–Crippen LogP) is 0.805. The summed E-state index contributed by atoms with van der Waals surface area (Å²) in [6, 6.07) is 3.89. The third kappa shape index (κ3) is 4.58. The number of hydrogen-bond donors (Lipinski definition) is 1. The van der Waals surface area contributed by atoms with E-state index in [0.717, 1.165) is 6.07 Å². The number of hydrogen-bond acceptors (Lipinski definition) is 4. The Kier molecular flexibility index (Phi) is 6.37. The second kappa shape index (κ2) is 8.02. The van der Waals surface area contributed by atoms with Gasteiger partial charge in [0.2, 0.25) is 0 Å². The number of carbonyl (C=O) groups excluding carboxylic acids is 2. The number of ether oxygens (including phenoxy) is 1. The number of aliphatic hydroxyl groups excluding tert-OH is 1. The number of benzene rings is 1. The van der Waals surface area contributed by atoms with Crippen LogP contribution in [0.3, 0.4) is 0 Å². The van der Waals surface area contributed by atoms with E-state index in [2.05, 4.69) is 16.6 Å². The molecule has 0 heterocycles. The van der Waals surface area contributed by atoms with Crippen LogP contribution in [0.5, 0.6) is 0 Å². The molecule has 21 heavy (non-hydrogen) atoms. The first kappa shape index (κ1) is 16.7. The van der Waals surface area contributed by atoms with Crippen LogP contribution in [0.15, 0.2) is 18.2 Å². The van der Waals surface area contributed by atoms with Gasteiger partial charge in [-0.1, -0.05) is 11.8 Å². The van der Waals surface area contributed by atoms with Gasteiger partial charge in [0.1, 0.15) is 19.0 Å². The van der Waals surface area contributed by atoms with E-state index in [1.54, 1.807) is 6.92 Å². The van der Waals surface area contributed by atoms with Crippen LogP contribution in [0.1, 0.15) is 22.8 Å². The molecule has 1 aromatic rings. The number of likely N-dealkylation sites (N-methyl/N-ethyl adjacent to an activating group) is 1. The van der Waals surface area contributed by atoms with Crippen molar-refractivity contribution >= 4 is 11.9 Å². The molecule has 0 aliphatic carbocycles. The average Bonchev–Trinajstić information content (AvgIpc) is 2.49. The molecule has 1 amide bonds. The van der Waals surface area contributed by atoms with Crippen molar-refractivity contribution in [2.24, 2.45) is 0 Å². The van der Waals surface area contributed by atoms with Gasteiger partial charge in [-0.3, -0.25) is 9.59 Å². The monoisotopic (exact) mass is 293 g/mol. The van der Waals surface area contributed by atoms with Crippen LogP contribution in [0.2, 0.25) is 0 Å². The van der Waals surface area contributed by atoms with Crippen molar-refractivity contribution in [3.05, 3.63) is 35.1 Å². The summed E-state index contributed by atoms with van der Waals surface area (Å²) in [5.74, 6) is 3.04. The van der Waals surface area contributed by atoms with Gasteiger partial charge >= 0.3 is 5.97 Å². The summed E-state index contributed by atoms with van der Waals surface area (Å²) in [6.07, 6.45) is 0. The Bertz CT molecular complexity index is 589. The van der Waals surface area contributed by atoms with Gasteiger partial charge in [0.05, 0.1) is 12.7 Å². The lowest BCUT2D eigenvalue weighted by Crippen LogP contribution is -2.36. The Morgan fingerprint density at radius 3 is 2.67 bits per heavy atom. The van der Waals surface area contributed by atoms with E-state index < -0.39 is 17.7 Å². The quantitative estimate of drug-likeness (QED) is 0.659. The van der Waals surface area contributed by atoms with Crippen LogP contribution in [-0.4, -0.2) is 48.7 Å². The molecule has 0 unspecified atom stereocenters. The lowest BCUT2D eigenvalue weighted by molar-refractivity contribution is -0.141. The van der Waals surface area contributed by atoms with Gasteiger partial charge in [0.25, 0.3) is 5.91 Å². The summed E-state index contributed by atoms with van der Waals surface area (Å²) >= 11 is 0. The summed E-state index contributed by atoms with van der Waals surface area (Å²) in [5, 5.41) is 8.58. The topological polar surface area (TPSA) is 66.8 Å². The molecule has 5 nitrogen and oxygen atoms in total. The highest BCUT2D eigenvalue weighted by Crippen LogP contribution is 2.13. The number of methoxy groups -OCH3 is 1. The first-order chi connectivity index (χ1) is 10.0. The van der Waals surface area contributed by atoms with Crippen LogP contribution in [-0.2, 0) is 9.53 Å². The molecule has 0 spiro atoms. The van der Waals surface area contributed by atoms with Gasteiger partial charge in [0, 0.05) is 12.1 Å². The molecule has 0 fully saturated rings. The van der Waals surface area contributed by atoms with E-state index in [4.69, 9.17) is 5.11 Å². The fourth-order valence-corrected chi connectivity index (χ4v) is 1.63. The van der Waals surface area contributed by atoms with E-state index in [-0.39, 0.29) is 25.3 Å². The van der Waals surface area contributed by atoms with E-state index >= 15 is 0 Å². The molecule has 0 radical (unpaired) electrons. The van der Waals surface area contributed by atoms with Crippen molar-refractivity contribution in [1.29, 1.82) is 0 Å². The van der Waals surface area contributed by atoms with E-state index in [1.165, 1.54) is 24.1 Å². The molecule has 0 bridgehead atoms. The van der Waals surface area contributed by atoms with Crippen molar-refractivity contribution < 1.29 is 23.8 Å². The average molecular weight is 293 g/mol. The Hall–Kier alpha value is -2.39. The summed E-state index contributed by atoms with van der Waals surface area (Å²) in [6.45, 7) is 1.36. The summed E-state index contributed by atoms with van der Waals surface area (Å²) in [5.41, 5.74) is 0.212. The molecular formula is C15H16FNO4. The second-order valence-electron chi connectivity index (χ2n) is 4.05. The number of aliphatic hydroxyl groups is 1. The Morgan fingerprint density at radius 1 is 1.43 bits per heavy atom. The lowest BCUT2D eigenvalue weighted by Gasteiger charge is -2.19. The maximum atomic E-state index is 13.9. The van der Waals surface area contributed by atoms with Gasteiger partial charge < -0.3 is 14.7 Å². The summed E-state index contributed by atoms with van der Waals surface area (Å²) in [4.78, 5) is 24.6. The maximum absolute atomic E-state index is 13.9. The number of amides is 1. The molecule has 0 atom stereocenters. The van der Waals surface area contributed by atoms with Gasteiger partial charge in [-0.25, -0.2) is 4.39 Å². The number of rotatable bonds is 4. The third-order valence-corrected chi connectivity index (χ3v) is 2.73. The molecule has 1 aromatic carbocycles. The van der Waals surface area contributed by atoms with Crippen molar-refractivity contribution in [2.75, 3.05) is 26.8 Å². The SMILES string of the molecule is CCN(CC(=O)OC)C(=O)c1ccc(C#CCO)cc1F. The lowest BCUT2D eigenvalue weighted by atomic mass is 10.1. The molecule has 0 saturated carbocycles. The van der Waals surface area contributed by atoms with Crippen LogP contribution < -0.4 is 0 Å². The fraction of sp³-hybridized carbons (Fsp3) is 0.333. The molecule has 112 valence electrons. The van der Waals surface area contributed by atoms with Crippen molar-refractivity contribution in [3.8, 4) is 11.8 Å². The number of nitrogens with zero attached hydrogens (tertiary/aromatic N) is 1. The van der Waals surface area contributed by atoms with Gasteiger partial charge in [-0.2, -0.15) is 0 Å². The van der Waals surface area contributed by atoms with E-state index in [9.17, 15) is 14.0 Å². The van der Waals surface area contributed by atoms with E-state index in [1.807, 2.05) is 0 Å². The van der Waals surface area contributed by atoms with Crippen LogP contribution in [0.4, 0.5) is 4.39 Å². The standard InChI is InChI=1S/C15H16FNO4/c1-3-17(10-14(19)21-2)15(20)12-7-6-11(5-4-8-18)9-13(12)16/h6-7,9,18H,3,8,10H2,1-2H3. The van der Waals surface area contributed by atoms with Gasteiger partial charge in [-0.05, 0) is 25.1 Å². The van der Waals surface area contributed by atoms with Crippen LogP contribution in [0.25, 0.3) is 0 Å². The number of halogens is 1. The van der Waals surface area contributed by atoms with Crippen molar-refractivity contribution in [3.63, 3.8) is 0 Å². The predicted molar refractivity (Wildman–Crippen MR) is 74.0 cm³/mol. The van der Waals surface area contributed by atoms with Gasteiger partial charge in [0.15, 0.2) is 0 Å². The summed E-state index contributed by atoms with van der Waals surface area (Å²) in [7, 11) is 1.22. The second-order valence-corrected chi connectivity index (χ2v) is 4.05. The zero-order chi connectivity index (χ0) is 15.8. The third-order valence-electron chi connectivity index (χ3n) is 2.73. The number of esters is 1. The van der Waals surface area contributed by atoms with Crippen LogP contribution >= 0.6 is 0 Å². The zero-order valence-corrected chi connectivity index (χ0v) is 11.9. The first-order valence-electron chi connectivity index (χ1n) is 6.28. The Labute approximate surface area is 122 Å². The highest BCUT2D eigenvalue weighted by atomic mass is 19.1. The molecule has 0 aromatic heterocycles. The normalized spacial score (nSPS) is 9.52. The minimum Gasteiger partial charge on any atom is -0.468 e. The minimum absolute atomic E-state index is 0.143. The zero-order valence-electron chi connectivity index (χ0n) is 11.9. The molecule has 6 heteroatoms. The number of carbonyl (C=O) groups is 2. The highest BCUT2D eigenvalue weighted by molar-refractivity contribution is 5.96. The van der Waals surface area contributed by atoms with Crippen molar-refractivity contribution in [2.45, 2.75) is 6.92 Å². The van der Waals surface area contributed by atoms with E-state index in [0.29, 0.717) is 5.56 Å². The molecule has 1 N–H and O–H groups in total. The molecule has 0 aliphatic rings. The summed E-state index contributed by atoms with van der Waals surface area (Å²) < 4.78 is 18.4.